The second-order valence-electron chi connectivity index (χ2n) is 4.08. The fraction of sp³-hybridized carbons (Fsp3) is 0.556. The average Bonchev–Trinajstić information content (AvgIpc) is 2.81. The molecule has 0 amide bonds. The van der Waals surface area contributed by atoms with Gasteiger partial charge >= 0.3 is 5.69 Å². The molecule has 1 heterocycles. The van der Waals surface area contributed by atoms with E-state index in [4.69, 9.17) is 12.2 Å². The van der Waals surface area contributed by atoms with E-state index in [0.29, 0.717) is 16.6 Å². The van der Waals surface area contributed by atoms with Gasteiger partial charge in [-0.15, -0.1) is 0 Å². The third-order valence-electron chi connectivity index (χ3n) is 3.29. The molecule has 3 atom stereocenters. The lowest BCUT2D eigenvalue weighted by atomic mass is 10.0. The van der Waals surface area contributed by atoms with Gasteiger partial charge in [-0.05, 0) is 36.9 Å². The van der Waals surface area contributed by atoms with Crippen LogP contribution in [0, 0.1) is 16.6 Å². The van der Waals surface area contributed by atoms with Crippen LogP contribution in [0.1, 0.15) is 18.9 Å². The van der Waals surface area contributed by atoms with E-state index in [1.165, 1.54) is 6.42 Å². The molecular weight excluding hydrogens is 198 g/mol. The maximum atomic E-state index is 11.5. The van der Waals surface area contributed by atoms with Crippen molar-refractivity contribution < 1.29 is 0 Å². The number of nitrogens with zero attached hydrogens (tertiary/aromatic N) is 1. The number of rotatable bonds is 1. The lowest BCUT2D eigenvalue weighted by Gasteiger charge is -2.17. The third kappa shape index (κ3) is 0.987. The molecule has 14 heavy (non-hydrogen) atoms. The fourth-order valence-corrected chi connectivity index (χ4v) is 2.94. The van der Waals surface area contributed by atoms with Gasteiger partial charge in [0.1, 0.15) is 0 Å². The highest BCUT2D eigenvalue weighted by atomic mass is 32.1. The molecule has 0 unspecified atom stereocenters. The number of aromatic nitrogens is 3. The Morgan fingerprint density at radius 1 is 1.36 bits per heavy atom. The monoisotopic (exact) mass is 209 g/mol. The molecule has 2 aliphatic carbocycles. The van der Waals surface area contributed by atoms with Crippen LogP contribution in [0.5, 0.6) is 0 Å². The summed E-state index contributed by atoms with van der Waals surface area (Å²) < 4.78 is 2.20. The summed E-state index contributed by atoms with van der Waals surface area (Å²) in [6.45, 7) is 0. The van der Waals surface area contributed by atoms with Crippen molar-refractivity contribution in [3.63, 3.8) is 0 Å². The molecule has 0 radical (unpaired) electrons. The van der Waals surface area contributed by atoms with Crippen molar-refractivity contribution in [3.8, 4) is 0 Å². The van der Waals surface area contributed by atoms with Gasteiger partial charge in [0.2, 0.25) is 0 Å². The van der Waals surface area contributed by atoms with Gasteiger partial charge in [-0.25, -0.2) is 9.89 Å². The minimum atomic E-state index is -0.110. The summed E-state index contributed by atoms with van der Waals surface area (Å²) in [6, 6.07) is 0.271. The molecule has 1 fully saturated rings. The molecule has 0 saturated heterocycles. The first-order valence-electron chi connectivity index (χ1n) is 4.83. The summed E-state index contributed by atoms with van der Waals surface area (Å²) in [5.41, 5.74) is -0.110. The highest BCUT2D eigenvalue weighted by Gasteiger charge is 2.37. The number of hydrogen-bond donors (Lipinski definition) is 2. The van der Waals surface area contributed by atoms with Crippen molar-refractivity contribution in [2.24, 2.45) is 11.8 Å². The summed E-state index contributed by atoms with van der Waals surface area (Å²) in [7, 11) is 0. The van der Waals surface area contributed by atoms with Crippen LogP contribution < -0.4 is 5.69 Å². The number of hydrogen-bond acceptors (Lipinski definition) is 2. The van der Waals surface area contributed by atoms with Crippen LogP contribution in [0.2, 0.25) is 0 Å². The summed E-state index contributed by atoms with van der Waals surface area (Å²) in [6.07, 6.45) is 6.70. The lowest BCUT2D eigenvalue weighted by Crippen LogP contribution is -2.25. The van der Waals surface area contributed by atoms with Crippen LogP contribution >= 0.6 is 12.2 Å². The Labute approximate surface area is 85.6 Å². The zero-order chi connectivity index (χ0) is 9.71. The standard InChI is InChI=1S/C9H11N3OS/c13-8-10-11-9(14)12(8)7-4-5-1-2-6(7)3-5/h1-2,5-7H,3-4H2,(H,10,13)(H,11,14)/t5-,6+,7+/m1/s1. The second-order valence-corrected chi connectivity index (χ2v) is 4.46. The molecule has 5 heteroatoms. The van der Waals surface area contributed by atoms with Crippen molar-refractivity contribution >= 4 is 12.2 Å². The fourth-order valence-electron chi connectivity index (χ4n) is 2.67. The van der Waals surface area contributed by atoms with Gasteiger partial charge in [0.05, 0.1) is 0 Å². The Bertz CT molecular complexity index is 467. The topological polar surface area (TPSA) is 53.6 Å². The molecule has 1 aromatic heterocycles. The number of H-pyrrole nitrogens is 2. The smallest absolute Gasteiger partial charge is 0.272 e. The average molecular weight is 209 g/mol. The molecule has 0 aliphatic heterocycles. The quantitative estimate of drug-likeness (QED) is 0.542. The summed E-state index contributed by atoms with van der Waals surface area (Å²) >= 11 is 5.08. The molecule has 2 aliphatic rings. The largest absolute Gasteiger partial charge is 0.342 e. The zero-order valence-electron chi connectivity index (χ0n) is 7.56. The second kappa shape index (κ2) is 2.70. The summed E-state index contributed by atoms with van der Waals surface area (Å²) in [5, 5.41) is 5.22. The predicted octanol–water partition coefficient (Wildman–Crippen LogP) is 1.37. The van der Waals surface area contributed by atoms with E-state index in [0.717, 1.165) is 6.42 Å². The van der Waals surface area contributed by atoms with Crippen molar-refractivity contribution in [1.29, 1.82) is 0 Å². The van der Waals surface area contributed by atoms with E-state index in [-0.39, 0.29) is 11.7 Å². The minimum absolute atomic E-state index is 0.110. The van der Waals surface area contributed by atoms with Gasteiger partial charge in [0.15, 0.2) is 4.77 Å². The molecule has 2 N–H and O–H groups in total. The van der Waals surface area contributed by atoms with Gasteiger partial charge in [-0.3, -0.25) is 9.67 Å². The number of nitrogens with one attached hydrogen (secondary N) is 2. The molecule has 1 aromatic rings. The number of aromatic amines is 2. The first-order valence-corrected chi connectivity index (χ1v) is 5.24. The SMILES string of the molecule is O=c1[nH][nH]c(=S)n1[C@H]1C[C@@H]2C=C[C@H]1C2. The Morgan fingerprint density at radius 3 is 2.71 bits per heavy atom. The molecular formula is C9H11N3OS. The molecule has 2 bridgehead atoms. The van der Waals surface area contributed by atoms with E-state index in [2.05, 4.69) is 22.3 Å². The Balaban J connectivity index is 2.09. The normalized spacial score (nSPS) is 34.1. The van der Waals surface area contributed by atoms with E-state index in [1.807, 2.05) is 0 Å². The summed E-state index contributed by atoms with van der Waals surface area (Å²) in [5.74, 6) is 1.16. The lowest BCUT2D eigenvalue weighted by molar-refractivity contribution is 0.417. The third-order valence-corrected chi connectivity index (χ3v) is 3.59. The maximum Gasteiger partial charge on any atom is 0.342 e. The highest BCUT2D eigenvalue weighted by molar-refractivity contribution is 7.71. The van der Waals surface area contributed by atoms with Crippen LogP contribution in [-0.2, 0) is 0 Å². The molecule has 74 valence electrons. The Hall–Kier alpha value is -1.10. The van der Waals surface area contributed by atoms with Gasteiger partial charge in [0.25, 0.3) is 0 Å². The molecule has 3 rings (SSSR count). The number of fused-ring (bicyclic) bond motifs is 2. The van der Waals surface area contributed by atoms with E-state index in [9.17, 15) is 4.79 Å². The van der Waals surface area contributed by atoms with Crippen LogP contribution in [-0.4, -0.2) is 14.8 Å². The van der Waals surface area contributed by atoms with Crippen molar-refractivity contribution in [1.82, 2.24) is 14.8 Å². The maximum absolute atomic E-state index is 11.5. The van der Waals surface area contributed by atoms with Gasteiger partial charge < -0.3 is 0 Å². The molecule has 1 saturated carbocycles. The zero-order valence-corrected chi connectivity index (χ0v) is 8.38. The molecule has 0 aromatic carbocycles. The Morgan fingerprint density at radius 2 is 2.21 bits per heavy atom. The van der Waals surface area contributed by atoms with E-state index < -0.39 is 0 Å². The minimum Gasteiger partial charge on any atom is -0.272 e. The van der Waals surface area contributed by atoms with Gasteiger partial charge in [-0.2, -0.15) is 0 Å². The van der Waals surface area contributed by atoms with Crippen LogP contribution in [0.4, 0.5) is 0 Å². The van der Waals surface area contributed by atoms with Crippen molar-refractivity contribution in [2.75, 3.05) is 0 Å². The van der Waals surface area contributed by atoms with Crippen molar-refractivity contribution in [2.45, 2.75) is 18.9 Å². The van der Waals surface area contributed by atoms with E-state index >= 15 is 0 Å². The highest BCUT2D eigenvalue weighted by Crippen LogP contribution is 2.45. The number of allylic oxidation sites excluding steroid dienone is 2. The first-order chi connectivity index (χ1) is 6.75. The van der Waals surface area contributed by atoms with Crippen LogP contribution in [0.15, 0.2) is 16.9 Å². The van der Waals surface area contributed by atoms with Gasteiger partial charge in [0, 0.05) is 6.04 Å². The summed E-state index contributed by atoms with van der Waals surface area (Å²) in [4.78, 5) is 11.5. The van der Waals surface area contributed by atoms with Crippen LogP contribution in [0.25, 0.3) is 0 Å². The van der Waals surface area contributed by atoms with Crippen molar-refractivity contribution in [3.05, 3.63) is 27.4 Å². The molecule has 0 spiro atoms. The Kier molecular flexibility index (Phi) is 1.58. The molecule has 4 nitrogen and oxygen atoms in total. The predicted molar refractivity (Wildman–Crippen MR) is 54.6 cm³/mol. The van der Waals surface area contributed by atoms with Gasteiger partial charge in [-0.1, -0.05) is 12.2 Å². The van der Waals surface area contributed by atoms with Crippen LogP contribution in [0.3, 0.4) is 0 Å². The first kappa shape index (κ1) is 8.23. The van der Waals surface area contributed by atoms with E-state index in [1.54, 1.807) is 4.57 Å².